The Hall–Kier alpha value is -0.0800. The van der Waals surface area contributed by atoms with Gasteiger partial charge in [0.25, 0.3) is 0 Å². The molecule has 0 spiro atoms. The Balaban J connectivity index is 2.71. The Bertz CT molecular complexity index is 224. The lowest BCUT2D eigenvalue weighted by Gasteiger charge is -2.40. The van der Waals surface area contributed by atoms with Gasteiger partial charge in [0, 0.05) is 25.2 Å². The Morgan fingerprint density at radius 1 is 1.17 bits per heavy atom. The molecule has 1 atom stereocenters. The lowest BCUT2D eigenvalue weighted by atomic mass is 9.86. The maximum Gasteiger partial charge on any atom is 0.0226 e. The summed E-state index contributed by atoms with van der Waals surface area (Å²) in [5.41, 5.74) is 6.46. The topological polar surface area (TPSA) is 29.3 Å². The van der Waals surface area contributed by atoms with E-state index in [1.54, 1.807) is 0 Å². The van der Waals surface area contributed by atoms with Crippen LogP contribution in [0.25, 0.3) is 0 Å². The third-order valence-corrected chi connectivity index (χ3v) is 3.96. The third kappa shape index (κ3) is 5.27. The number of nitrogens with zero attached hydrogens (tertiary/aromatic N) is 1. The molecule has 0 aliphatic heterocycles. The highest BCUT2D eigenvalue weighted by Crippen LogP contribution is 2.30. The van der Waals surface area contributed by atoms with E-state index in [1.165, 1.54) is 38.6 Å². The summed E-state index contributed by atoms with van der Waals surface area (Å²) < 4.78 is 0. The molecular weight excluding hydrogens is 220 g/mol. The Morgan fingerprint density at radius 3 is 2.11 bits per heavy atom. The van der Waals surface area contributed by atoms with Crippen molar-refractivity contribution in [3.8, 4) is 0 Å². The minimum absolute atomic E-state index is 0.373. The molecule has 0 radical (unpaired) electrons. The Labute approximate surface area is 114 Å². The molecule has 2 nitrogen and oxygen atoms in total. The summed E-state index contributed by atoms with van der Waals surface area (Å²) in [6.45, 7) is 13.7. The van der Waals surface area contributed by atoms with E-state index in [0.29, 0.717) is 11.5 Å². The van der Waals surface area contributed by atoms with Gasteiger partial charge in [-0.2, -0.15) is 0 Å². The summed E-state index contributed by atoms with van der Waals surface area (Å²) in [4.78, 5) is 2.74. The van der Waals surface area contributed by atoms with Gasteiger partial charge in [0.05, 0.1) is 0 Å². The van der Waals surface area contributed by atoms with Gasteiger partial charge < -0.3 is 5.73 Å². The molecule has 18 heavy (non-hydrogen) atoms. The molecule has 1 saturated carbocycles. The molecule has 0 amide bonds. The average molecular weight is 254 g/mol. The van der Waals surface area contributed by atoms with Crippen molar-refractivity contribution in [3.63, 3.8) is 0 Å². The summed E-state index contributed by atoms with van der Waals surface area (Å²) in [5, 5.41) is 0. The summed E-state index contributed by atoms with van der Waals surface area (Å²) in [6.07, 6.45) is 6.80. The SMILES string of the molecule is CC(C)CN(C1CCCC1)C(CN)CC(C)(C)C. The molecule has 0 aromatic carbocycles. The van der Waals surface area contributed by atoms with Gasteiger partial charge in [-0.05, 0) is 30.6 Å². The Morgan fingerprint density at radius 2 is 1.72 bits per heavy atom. The minimum Gasteiger partial charge on any atom is -0.329 e. The zero-order valence-electron chi connectivity index (χ0n) is 13.2. The average Bonchev–Trinajstić information content (AvgIpc) is 2.74. The van der Waals surface area contributed by atoms with Gasteiger partial charge in [-0.25, -0.2) is 0 Å². The standard InChI is InChI=1S/C16H34N2/c1-13(2)12-18(14-8-6-7-9-14)15(11-17)10-16(3,4)5/h13-15H,6-12,17H2,1-5H3. The molecule has 2 heteroatoms. The first-order valence-corrected chi connectivity index (χ1v) is 7.79. The molecule has 0 bridgehead atoms. The second-order valence-electron chi connectivity index (χ2n) is 7.68. The van der Waals surface area contributed by atoms with E-state index in [9.17, 15) is 0 Å². The number of hydrogen-bond donors (Lipinski definition) is 1. The van der Waals surface area contributed by atoms with Crippen molar-refractivity contribution in [1.29, 1.82) is 0 Å². The monoisotopic (exact) mass is 254 g/mol. The number of hydrogen-bond acceptors (Lipinski definition) is 2. The zero-order valence-corrected chi connectivity index (χ0v) is 13.2. The van der Waals surface area contributed by atoms with Crippen molar-refractivity contribution < 1.29 is 0 Å². The fourth-order valence-corrected chi connectivity index (χ4v) is 3.30. The lowest BCUT2D eigenvalue weighted by Crippen LogP contribution is -2.49. The van der Waals surface area contributed by atoms with Crippen LogP contribution in [-0.4, -0.2) is 30.1 Å². The van der Waals surface area contributed by atoms with Gasteiger partial charge in [-0.3, -0.25) is 4.90 Å². The quantitative estimate of drug-likeness (QED) is 0.784. The van der Waals surface area contributed by atoms with Crippen molar-refractivity contribution in [2.24, 2.45) is 17.1 Å². The van der Waals surface area contributed by atoms with Crippen molar-refractivity contribution >= 4 is 0 Å². The van der Waals surface area contributed by atoms with Gasteiger partial charge in [0.2, 0.25) is 0 Å². The van der Waals surface area contributed by atoms with Crippen molar-refractivity contribution in [2.45, 2.75) is 78.8 Å². The van der Waals surface area contributed by atoms with Crippen molar-refractivity contribution in [1.82, 2.24) is 4.90 Å². The van der Waals surface area contributed by atoms with Crippen LogP contribution in [-0.2, 0) is 0 Å². The highest BCUT2D eigenvalue weighted by molar-refractivity contribution is 4.86. The molecule has 0 heterocycles. The normalized spacial score (nSPS) is 20.0. The largest absolute Gasteiger partial charge is 0.329 e. The van der Waals surface area contributed by atoms with Crippen LogP contribution in [0.15, 0.2) is 0 Å². The van der Waals surface area contributed by atoms with E-state index in [1.807, 2.05) is 0 Å². The second-order valence-corrected chi connectivity index (χ2v) is 7.68. The van der Waals surface area contributed by atoms with Crippen LogP contribution in [0.2, 0.25) is 0 Å². The molecule has 2 N–H and O–H groups in total. The van der Waals surface area contributed by atoms with E-state index in [4.69, 9.17) is 5.73 Å². The van der Waals surface area contributed by atoms with Crippen LogP contribution in [0.5, 0.6) is 0 Å². The van der Waals surface area contributed by atoms with Gasteiger partial charge in [0.1, 0.15) is 0 Å². The number of rotatable bonds is 6. The lowest BCUT2D eigenvalue weighted by molar-refractivity contribution is 0.0925. The van der Waals surface area contributed by atoms with E-state index in [-0.39, 0.29) is 0 Å². The molecule has 0 saturated heterocycles. The first kappa shape index (κ1) is 16.0. The van der Waals surface area contributed by atoms with E-state index in [0.717, 1.165) is 18.5 Å². The zero-order chi connectivity index (χ0) is 13.8. The molecule has 1 rings (SSSR count). The molecule has 1 aliphatic rings. The third-order valence-electron chi connectivity index (χ3n) is 3.96. The predicted molar refractivity (Wildman–Crippen MR) is 80.7 cm³/mol. The maximum absolute atomic E-state index is 6.08. The molecule has 108 valence electrons. The summed E-state index contributed by atoms with van der Waals surface area (Å²) in [5.74, 6) is 0.736. The number of nitrogens with two attached hydrogens (primary N) is 1. The van der Waals surface area contributed by atoms with Gasteiger partial charge in [-0.1, -0.05) is 47.5 Å². The molecule has 0 aromatic rings. The fourth-order valence-electron chi connectivity index (χ4n) is 3.30. The van der Waals surface area contributed by atoms with Crippen molar-refractivity contribution in [2.75, 3.05) is 13.1 Å². The summed E-state index contributed by atoms with van der Waals surface area (Å²) >= 11 is 0. The minimum atomic E-state index is 0.373. The summed E-state index contributed by atoms with van der Waals surface area (Å²) in [7, 11) is 0. The first-order valence-electron chi connectivity index (χ1n) is 7.79. The van der Waals surface area contributed by atoms with Crippen LogP contribution < -0.4 is 5.73 Å². The molecule has 1 aliphatic carbocycles. The van der Waals surface area contributed by atoms with Crippen LogP contribution in [0.4, 0.5) is 0 Å². The molecular formula is C16H34N2. The second kappa shape index (κ2) is 6.91. The van der Waals surface area contributed by atoms with E-state index in [2.05, 4.69) is 39.5 Å². The first-order chi connectivity index (χ1) is 8.33. The van der Waals surface area contributed by atoms with Gasteiger partial charge in [0.15, 0.2) is 0 Å². The highest BCUT2D eigenvalue weighted by atomic mass is 15.2. The van der Waals surface area contributed by atoms with Crippen LogP contribution in [0.1, 0.15) is 66.7 Å². The van der Waals surface area contributed by atoms with E-state index < -0.39 is 0 Å². The smallest absolute Gasteiger partial charge is 0.0226 e. The maximum atomic E-state index is 6.08. The molecule has 1 unspecified atom stereocenters. The summed E-state index contributed by atoms with van der Waals surface area (Å²) in [6, 6.07) is 1.36. The molecule has 0 aromatic heterocycles. The van der Waals surface area contributed by atoms with Gasteiger partial charge >= 0.3 is 0 Å². The molecule has 1 fully saturated rings. The van der Waals surface area contributed by atoms with Crippen LogP contribution in [0.3, 0.4) is 0 Å². The van der Waals surface area contributed by atoms with Crippen LogP contribution in [0, 0.1) is 11.3 Å². The van der Waals surface area contributed by atoms with Crippen molar-refractivity contribution in [3.05, 3.63) is 0 Å². The van der Waals surface area contributed by atoms with Gasteiger partial charge in [-0.15, -0.1) is 0 Å². The predicted octanol–water partition coefficient (Wildman–Crippen LogP) is 3.65. The Kier molecular flexibility index (Phi) is 6.13. The highest BCUT2D eigenvalue weighted by Gasteiger charge is 2.30. The van der Waals surface area contributed by atoms with Crippen LogP contribution >= 0.6 is 0 Å². The van der Waals surface area contributed by atoms with E-state index >= 15 is 0 Å². The fraction of sp³-hybridized carbons (Fsp3) is 1.00.